The quantitative estimate of drug-likeness (QED) is 0.673. The van der Waals surface area contributed by atoms with Crippen LogP contribution in [0, 0.1) is 0 Å². The number of ether oxygens (including phenoxy) is 1. The summed E-state index contributed by atoms with van der Waals surface area (Å²) < 4.78 is 10.9. The van der Waals surface area contributed by atoms with Gasteiger partial charge in [-0.2, -0.15) is 0 Å². The van der Waals surface area contributed by atoms with Gasteiger partial charge >= 0.3 is 0 Å². The predicted molar refractivity (Wildman–Crippen MR) is 103 cm³/mol. The second kappa shape index (κ2) is 7.77. The fourth-order valence-electron chi connectivity index (χ4n) is 3.25. The van der Waals surface area contributed by atoms with E-state index in [0.717, 1.165) is 17.0 Å². The lowest BCUT2D eigenvalue weighted by molar-refractivity contribution is -0.125. The van der Waals surface area contributed by atoms with Crippen molar-refractivity contribution in [3.63, 3.8) is 0 Å². The molecule has 0 bridgehead atoms. The van der Waals surface area contributed by atoms with Crippen molar-refractivity contribution in [3.8, 4) is 17.2 Å². The number of hydrogen-bond acceptors (Lipinski definition) is 7. The molecule has 28 heavy (non-hydrogen) atoms. The van der Waals surface area contributed by atoms with Crippen molar-refractivity contribution in [3.05, 3.63) is 54.7 Å². The zero-order chi connectivity index (χ0) is 19.5. The van der Waals surface area contributed by atoms with Crippen molar-refractivity contribution >= 4 is 11.6 Å². The first-order chi connectivity index (χ1) is 13.7. The second-order valence-electron chi connectivity index (χ2n) is 6.58. The highest BCUT2D eigenvalue weighted by molar-refractivity contribution is 5.97. The minimum Gasteiger partial charge on any atom is -0.497 e. The van der Waals surface area contributed by atoms with Crippen LogP contribution in [-0.4, -0.2) is 52.2 Å². The Hall–Kier alpha value is -3.26. The Morgan fingerprint density at radius 1 is 1.18 bits per heavy atom. The van der Waals surface area contributed by atoms with Gasteiger partial charge < -0.3 is 14.1 Å². The number of hydrogen-bond donors (Lipinski definition) is 0. The number of carbonyl (C=O) groups excluding carboxylic acids is 1. The number of pyridine rings is 1. The average Bonchev–Trinajstić information content (AvgIpc) is 3.21. The Bertz CT molecular complexity index is 942. The normalized spacial score (nSPS) is 17.7. The zero-order valence-electron chi connectivity index (χ0n) is 15.8. The highest BCUT2D eigenvalue weighted by atomic mass is 16.5. The number of anilines is 1. The lowest BCUT2D eigenvalue weighted by atomic mass is 10.1. The van der Waals surface area contributed by atoms with E-state index in [1.165, 1.54) is 0 Å². The predicted octanol–water partition coefficient (Wildman–Crippen LogP) is 2.38. The topological polar surface area (TPSA) is 84.6 Å². The number of aromatic nitrogens is 3. The zero-order valence-corrected chi connectivity index (χ0v) is 15.8. The molecular formula is C20H21N5O3. The molecule has 144 valence electrons. The minimum absolute atomic E-state index is 0.0448. The van der Waals surface area contributed by atoms with E-state index in [9.17, 15) is 4.79 Å². The second-order valence-corrected chi connectivity index (χ2v) is 6.58. The first-order valence-corrected chi connectivity index (χ1v) is 9.08. The molecule has 1 atom stereocenters. The maximum atomic E-state index is 12.9. The van der Waals surface area contributed by atoms with Gasteiger partial charge in [0.05, 0.1) is 25.3 Å². The van der Waals surface area contributed by atoms with Crippen molar-refractivity contribution in [1.82, 2.24) is 20.1 Å². The van der Waals surface area contributed by atoms with E-state index in [0.29, 0.717) is 31.4 Å². The first kappa shape index (κ1) is 18.1. The molecule has 1 saturated heterocycles. The Kier molecular flexibility index (Phi) is 5.03. The first-order valence-electron chi connectivity index (χ1n) is 9.08. The van der Waals surface area contributed by atoms with Crippen molar-refractivity contribution in [2.75, 3.05) is 25.1 Å². The summed E-state index contributed by atoms with van der Waals surface area (Å²) in [6, 6.07) is 10.9. The highest BCUT2D eigenvalue weighted by Gasteiger charge is 2.33. The fraction of sp³-hybridized carbons (Fsp3) is 0.300. The van der Waals surface area contributed by atoms with Gasteiger partial charge in [0.2, 0.25) is 17.7 Å². The largest absolute Gasteiger partial charge is 0.497 e. The summed E-state index contributed by atoms with van der Waals surface area (Å²) in [5, 5.41) is 8.20. The third-order valence-electron chi connectivity index (χ3n) is 4.88. The molecule has 1 aliphatic heterocycles. The molecule has 8 nitrogen and oxygen atoms in total. The van der Waals surface area contributed by atoms with Gasteiger partial charge in [0.1, 0.15) is 5.75 Å². The Morgan fingerprint density at radius 3 is 2.71 bits per heavy atom. The summed E-state index contributed by atoms with van der Waals surface area (Å²) in [6.07, 6.45) is 3.37. The van der Waals surface area contributed by atoms with Crippen LogP contribution >= 0.6 is 0 Å². The number of carbonyl (C=O) groups is 1. The molecule has 0 aliphatic carbocycles. The van der Waals surface area contributed by atoms with Gasteiger partial charge in [0, 0.05) is 31.2 Å². The molecule has 2 aromatic heterocycles. The molecule has 8 heteroatoms. The van der Waals surface area contributed by atoms with Crippen LogP contribution in [0.15, 0.2) is 53.2 Å². The summed E-state index contributed by atoms with van der Waals surface area (Å²) in [5.74, 6) is 1.72. The van der Waals surface area contributed by atoms with Crippen LogP contribution in [-0.2, 0) is 11.3 Å². The molecule has 3 aromatic rings. The van der Waals surface area contributed by atoms with Crippen molar-refractivity contribution in [2.45, 2.75) is 19.5 Å². The molecule has 1 fully saturated rings. The Labute approximate surface area is 162 Å². The van der Waals surface area contributed by atoms with E-state index in [1.807, 2.05) is 48.2 Å². The molecule has 1 unspecified atom stereocenters. The van der Waals surface area contributed by atoms with E-state index < -0.39 is 0 Å². The molecular weight excluding hydrogens is 358 g/mol. The van der Waals surface area contributed by atoms with Crippen LogP contribution in [0.1, 0.15) is 12.8 Å². The van der Waals surface area contributed by atoms with E-state index >= 15 is 0 Å². The van der Waals surface area contributed by atoms with E-state index in [-0.39, 0.29) is 11.9 Å². The van der Waals surface area contributed by atoms with Crippen molar-refractivity contribution < 1.29 is 13.9 Å². The number of methoxy groups -OCH3 is 1. The summed E-state index contributed by atoms with van der Waals surface area (Å²) in [5.41, 5.74) is 1.64. The average molecular weight is 379 g/mol. The van der Waals surface area contributed by atoms with Crippen LogP contribution in [0.25, 0.3) is 11.5 Å². The van der Waals surface area contributed by atoms with Gasteiger partial charge in [-0.1, -0.05) is 0 Å². The van der Waals surface area contributed by atoms with E-state index in [4.69, 9.17) is 9.15 Å². The molecule has 0 radical (unpaired) electrons. The monoisotopic (exact) mass is 379 g/mol. The van der Waals surface area contributed by atoms with Crippen molar-refractivity contribution in [2.24, 2.45) is 0 Å². The molecule has 4 rings (SSSR count). The lowest BCUT2D eigenvalue weighted by Gasteiger charge is -2.38. The molecule has 0 spiro atoms. The Morgan fingerprint density at radius 2 is 2.00 bits per heavy atom. The maximum absolute atomic E-state index is 12.9. The minimum atomic E-state index is -0.287. The number of rotatable bonds is 5. The van der Waals surface area contributed by atoms with E-state index in [1.54, 1.807) is 24.4 Å². The van der Waals surface area contributed by atoms with Gasteiger partial charge in [-0.15, -0.1) is 10.2 Å². The van der Waals surface area contributed by atoms with Crippen LogP contribution < -0.4 is 9.64 Å². The van der Waals surface area contributed by atoms with Gasteiger partial charge in [0.15, 0.2) is 0 Å². The smallest absolute Gasteiger partial charge is 0.249 e. The van der Waals surface area contributed by atoms with Crippen LogP contribution in [0.4, 0.5) is 5.69 Å². The number of benzene rings is 1. The fourth-order valence-corrected chi connectivity index (χ4v) is 3.25. The number of amides is 1. The SMILES string of the molecule is COc1ccc(N2CCN(Cc3nnc(-c4cccnc4)o3)C(C)C2=O)cc1. The molecule has 0 N–H and O–H groups in total. The van der Waals surface area contributed by atoms with E-state index in [2.05, 4.69) is 15.2 Å². The van der Waals surface area contributed by atoms with Gasteiger partial charge in [-0.3, -0.25) is 14.7 Å². The molecule has 1 aromatic carbocycles. The van der Waals surface area contributed by atoms with Gasteiger partial charge in [0.25, 0.3) is 0 Å². The third kappa shape index (κ3) is 3.59. The van der Waals surface area contributed by atoms with Crippen molar-refractivity contribution in [1.29, 1.82) is 0 Å². The summed E-state index contributed by atoms with van der Waals surface area (Å²) >= 11 is 0. The molecule has 3 heterocycles. The Balaban J connectivity index is 1.43. The van der Waals surface area contributed by atoms with Crippen LogP contribution in [0.2, 0.25) is 0 Å². The molecule has 0 saturated carbocycles. The van der Waals surface area contributed by atoms with Gasteiger partial charge in [-0.05, 0) is 43.3 Å². The lowest BCUT2D eigenvalue weighted by Crippen LogP contribution is -2.55. The molecule has 1 amide bonds. The number of piperazine rings is 1. The maximum Gasteiger partial charge on any atom is 0.249 e. The van der Waals surface area contributed by atoms with Crippen LogP contribution in [0.5, 0.6) is 5.75 Å². The van der Waals surface area contributed by atoms with Gasteiger partial charge in [-0.25, -0.2) is 0 Å². The standard InChI is InChI=1S/C20H21N5O3/c1-14-20(26)25(16-5-7-17(27-2)8-6-16)11-10-24(14)13-18-22-23-19(28-18)15-4-3-9-21-12-15/h3-9,12,14H,10-11,13H2,1-2H3. The molecule has 1 aliphatic rings. The highest BCUT2D eigenvalue weighted by Crippen LogP contribution is 2.24. The third-order valence-corrected chi connectivity index (χ3v) is 4.88. The summed E-state index contributed by atoms with van der Waals surface area (Å²) in [7, 11) is 1.62. The summed E-state index contributed by atoms with van der Waals surface area (Å²) in [6.45, 7) is 3.63. The van der Waals surface area contributed by atoms with Crippen LogP contribution in [0.3, 0.4) is 0 Å². The number of nitrogens with zero attached hydrogens (tertiary/aromatic N) is 5. The summed E-state index contributed by atoms with van der Waals surface area (Å²) in [4.78, 5) is 20.8.